The number of benzene rings is 1. The quantitative estimate of drug-likeness (QED) is 0.560. The van der Waals surface area contributed by atoms with Gasteiger partial charge in [0.15, 0.2) is 6.29 Å². The summed E-state index contributed by atoms with van der Waals surface area (Å²) in [5.74, 6) is 0. The fourth-order valence-electron chi connectivity index (χ4n) is 2.03. The smallest absolute Gasteiger partial charge is 0.184 e. The zero-order chi connectivity index (χ0) is 13.8. The molecule has 1 saturated heterocycles. The maximum atomic E-state index is 9.91. The van der Waals surface area contributed by atoms with Gasteiger partial charge in [-0.1, -0.05) is 30.3 Å². The molecule has 6 nitrogen and oxygen atoms in total. The Morgan fingerprint density at radius 1 is 1.05 bits per heavy atom. The van der Waals surface area contributed by atoms with Crippen molar-refractivity contribution < 1.29 is 29.9 Å². The first kappa shape index (κ1) is 14.4. The molecule has 0 aliphatic carbocycles. The fourth-order valence-corrected chi connectivity index (χ4v) is 2.03. The van der Waals surface area contributed by atoms with E-state index in [4.69, 9.17) is 14.6 Å². The largest absolute Gasteiger partial charge is 0.394 e. The maximum Gasteiger partial charge on any atom is 0.184 e. The Balaban J connectivity index is 2.00. The SMILES string of the molecule is OC[C@@H]1OC(O)[C@@H](O)[C@H](OCc2ccccc2)[C@H]1O. The van der Waals surface area contributed by atoms with Gasteiger partial charge in [0.05, 0.1) is 13.2 Å². The van der Waals surface area contributed by atoms with Gasteiger partial charge in [-0.25, -0.2) is 0 Å². The molecule has 1 unspecified atom stereocenters. The third kappa shape index (κ3) is 3.30. The Hall–Kier alpha value is -1.02. The zero-order valence-corrected chi connectivity index (χ0v) is 10.3. The van der Waals surface area contributed by atoms with Crippen LogP contribution in [-0.2, 0) is 16.1 Å². The summed E-state index contributed by atoms with van der Waals surface area (Å²) < 4.78 is 10.3. The lowest BCUT2D eigenvalue weighted by Crippen LogP contribution is -2.59. The maximum absolute atomic E-state index is 9.91. The Labute approximate surface area is 110 Å². The summed E-state index contributed by atoms with van der Waals surface area (Å²) in [6.45, 7) is -0.277. The molecular formula is C13H18O6. The van der Waals surface area contributed by atoms with Crippen LogP contribution in [-0.4, -0.2) is 57.7 Å². The van der Waals surface area contributed by atoms with Gasteiger partial charge in [0.1, 0.15) is 24.4 Å². The summed E-state index contributed by atoms with van der Waals surface area (Å²) in [6, 6.07) is 9.26. The van der Waals surface area contributed by atoms with E-state index in [1.165, 1.54) is 0 Å². The normalized spacial score (nSPS) is 35.3. The van der Waals surface area contributed by atoms with Crippen LogP contribution in [0.1, 0.15) is 5.56 Å². The molecule has 1 fully saturated rings. The van der Waals surface area contributed by atoms with Gasteiger partial charge in [0, 0.05) is 0 Å². The number of rotatable bonds is 4. The molecule has 1 aliphatic heterocycles. The van der Waals surface area contributed by atoms with Crippen molar-refractivity contribution in [3.05, 3.63) is 35.9 Å². The molecule has 2 rings (SSSR count). The highest BCUT2D eigenvalue weighted by Gasteiger charge is 2.44. The first-order chi connectivity index (χ1) is 9.13. The standard InChI is InChI=1S/C13H18O6/c14-6-9-10(15)12(11(16)13(17)19-9)18-7-8-4-2-1-3-5-8/h1-5,9-17H,6-7H2/t9-,10-,11-,12+,13?/m0/s1. The van der Waals surface area contributed by atoms with Gasteiger partial charge in [0.25, 0.3) is 0 Å². The van der Waals surface area contributed by atoms with Crippen LogP contribution in [0.15, 0.2) is 30.3 Å². The molecule has 1 aliphatic rings. The highest BCUT2D eigenvalue weighted by molar-refractivity contribution is 5.13. The lowest BCUT2D eigenvalue weighted by atomic mass is 9.99. The van der Waals surface area contributed by atoms with E-state index >= 15 is 0 Å². The van der Waals surface area contributed by atoms with Gasteiger partial charge in [-0.15, -0.1) is 0 Å². The molecule has 19 heavy (non-hydrogen) atoms. The van der Waals surface area contributed by atoms with E-state index in [2.05, 4.69) is 0 Å². The van der Waals surface area contributed by atoms with Crippen molar-refractivity contribution in [1.29, 1.82) is 0 Å². The Bertz CT molecular complexity index is 384. The highest BCUT2D eigenvalue weighted by atomic mass is 16.6. The number of hydrogen-bond donors (Lipinski definition) is 4. The second-order valence-corrected chi connectivity index (χ2v) is 4.49. The van der Waals surface area contributed by atoms with Crippen LogP contribution in [0.25, 0.3) is 0 Å². The molecule has 1 aromatic rings. The summed E-state index contributed by atoms with van der Waals surface area (Å²) in [6.07, 6.45) is -6.03. The number of aliphatic hydroxyl groups excluding tert-OH is 4. The van der Waals surface area contributed by atoms with Gasteiger partial charge < -0.3 is 29.9 Å². The third-order valence-electron chi connectivity index (χ3n) is 3.13. The van der Waals surface area contributed by atoms with Crippen LogP contribution in [0.2, 0.25) is 0 Å². The molecule has 0 aromatic heterocycles. The molecule has 0 saturated carbocycles. The fraction of sp³-hybridized carbons (Fsp3) is 0.538. The van der Waals surface area contributed by atoms with E-state index < -0.39 is 37.3 Å². The average Bonchev–Trinajstić information content (AvgIpc) is 2.44. The van der Waals surface area contributed by atoms with Crippen molar-refractivity contribution in [1.82, 2.24) is 0 Å². The van der Waals surface area contributed by atoms with Crippen LogP contribution < -0.4 is 0 Å². The minimum Gasteiger partial charge on any atom is -0.394 e. The molecule has 0 radical (unpaired) electrons. The van der Waals surface area contributed by atoms with E-state index in [1.807, 2.05) is 30.3 Å². The van der Waals surface area contributed by atoms with Crippen LogP contribution in [0.4, 0.5) is 0 Å². The Morgan fingerprint density at radius 3 is 2.37 bits per heavy atom. The van der Waals surface area contributed by atoms with Crippen molar-refractivity contribution in [2.45, 2.75) is 37.3 Å². The Morgan fingerprint density at radius 2 is 1.74 bits per heavy atom. The molecule has 1 aromatic carbocycles. The highest BCUT2D eigenvalue weighted by Crippen LogP contribution is 2.23. The lowest BCUT2D eigenvalue weighted by Gasteiger charge is -2.39. The first-order valence-electron chi connectivity index (χ1n) is 6.09. The van der Waals surface area contributed by atoms with E-state index in [9.17, 15) is 15.3 Å². The molecule has 0 bridgehead atoms. The van der Waals surface area contributed by atoms with Gasteiger partial charge in [-0.2, -0.15) is 0 Å². The summed E-state index contributed by atoms with van der Waals surface area (Å²) in [4.78, 5) is 0. The minimum absolute atomic E-state index is 0.185. The molecule has 106 valence electrons. The molecule has 5 atom stereocenters. The van der Waals surface area contributed by atoms with Crippen molar-refractivity contribution in [2.24, 2.45) is 0 Å². The van der Waals surface area contributed by atoms with Gasteiger partial charge >= 0.3 is 0 Å². The van der Waals surface area contributed by atoms with E-state index in [0.717, 1.165) is 5.56 Å². The van der Waals surface area contributed by atoms with Crippen LogP contribution in [0.3, 0.4) is 0 Å². The molecular weight excluding hydrogens is 252 g/mol. The summed E-state index contributed by atoms with van der Waals surface area (Å²) in [5, 5.41) is 38.2. The molecule has 0 amide bonds. The van der Waals surface area contributed by atoms with Crippen molar-refractivity contribution >= 4 is 0 Å². The average molecular weight is 270 g/mol. The first-order valence-corrected chi connectivity index (χ1v) is 6.09. The predicted octanol–water partition coefficient (Wildman–Crippen LogP) is -0.997. The van der Waals surface area contributed by atoms with Crippen LogP contribution >= 0.6 is 0 Å². The summed E-state index contributed by atoms with van der Waals surface area (Å²) in [7, 11) is 0. The summed E-state index contributed by atoms with van der Waals surface area (Å²) in [5.41, 5.74) is 0.878. The second-order valence-electron chi connectivity index (χ2n) is 4.49. The molecule has 4 N–H and O–H groups in total. The number of hydrogen-bond acceptors (Lipinski definition) is 6. The Kier molecular flexibility index (Phi) is 4.87. The zero-order valence-electron chi connectivity index (χ0n) is 10.3. The van der Waals surface area contributed by atoms with Crippen molar-refractivity contribution in [2.75, 3.05) is 6.61 Å². The van der Waals surface area contributed by atoms with Crippen LogP contribution in [0, 0.1) is 0 Å². The van der Waals surface area contributed by atoms with Gasteiger partial charge in [-0.05, 0) is 5.56 Å². The number of ether oxygens (including phenoxy) is 2. The topological polar surface area (TPSA) is 99.4 Å². The number of aliphatic hydroxyl groups is 4. The van der Waals surface area contributed by atoms with E-state index in [0.29, 0.717) is 0 Å². The van der Waals surface area contributed by atoms with Gasteiger partial charge in [-0.3, -0.25) is 0 Å². The van der Waals surface area contributed by atoms with Crippen LogP contribution in [0.5, 0.6) is 0 Å². The minimum atomic E-state index is -1.48. The molecule has 1 heterocycles. The van der Waals surface area contributed by atoms with Gasteiger partial charge in [0.2, 0.25) is 0 Å². The predicted molar refractivity (Wildman–Crippen MR) is 65.0 cm³/mol. The van der Waals surface area contributed by atoms with Crippen molar-refractivity contribution in [3.63, 3.8) is 0 Å². The third-order valence-corrected chi connectivity index (χ3v) is 3.13. The molecule has 0 spiro atoms. The monoisotopic (exact) mass is 270 g/mol. The van der Waals surface area contributed by atoms with Crippen molar-refractivity contribution in [3.8, 4) is 0 Å². The summed E-state index contributed by atoms with van der Waals surface area (Å²) >= 11 is 0. The lowest BCUT2D eigenvalue weighted by molar-refractivity contribution is -0.296. The second kappa shape index (κ2) is 6.42. The molecule has 6 heteroatoms. The van der Waals surface area contributed by atoms with E-state index in [1.54, 1.807) is 0 Å². The van der Waals surface area contributed by atoms with E-state index in [-0.39, 0.29) is 6.61 Å².